The van der Waals surface area contributed by atoms with Crippen molar-refractivity contribution in [3.8, 4) is 0 Å². The Morgan fingerprint density at radius 2 is 1.74 bits per heavy atom. The van der Waals surface area contributed by atoms with Crippen LogP contribution < -0.4 is 10.6 Å². The third-order valence-corrected chi connectivity index (χ3v) is 3.63. The summed E-state index contributed by atoms with van der Waals surface area (Å²) in [4.78, 5) is 23.3. The van der Waals surface area contributed by atoms with Crippen molar-refractivity contribution in [3.63, 3.8) is 0 Å². The predicted molar refractivity (Wildman–Crippen MR) is 95.2 cm³/mol. The number of carbonyl (C=O) groups is 2. The summed E-state index contributed by atoms with van der Waals surface area (Å²) in [7, 11) is 1.60. The van der Waals surface area contributed by atoms with Crippen molar-refractivity contribution >= 4 is 17.9 Å². The number of hydrogen-bond donors (Lipinski definition) is 2. The highest BCUT2D eigenvalue weighted by atomic mass is 16.2. The molecule has 1 atom stereocenters. The zero-order valence-corrected chi connectivity index (χ0v) is 14.6. The fourth-order valence-corrected chi connectivity index (χ4v) is 2.26. The molecule has 0 spiro atoms. The first kappa shape index (κ1) is 18.9. The molecule has 1 aromatic rings. The maximum Gasteiger partial charge on any atom is 0.251 e. The Labute approximate surface area is 139 Å². The molecule has 2 N–H and O–H groups in total. The first-order chi connectivity index (χ1) is 10.9. The number of carbonyl (C=O) groups excluding carboxylic acids is 2. The van der Waals surface area contributed by atoms with E-state index in [0.29, 0.717) is 11.5 Å². The standard InChI is InChI=1S/C19H28N2O2/c1-14(2)6-5-7-15(3)21-18(22)13-10-16-8-11-17(12-9-16)19(23)20-4/h8-15H,5-7H2,1-4H3,(H,20,23)(H,21,22)/b13-10+. The monoisotopic (exact) mass is 316 g/mol. The molecule has 0 bridgehead atoms. The van der Waals surface area contributed by atoms with E-state index in [1.165, 1.54) is 12.5 Å². The van der Waals surface area contributed by atoms with Gasteiger partial charge in [-0.2, -0.15) is 0 Å². The van der Waals surface area contributed by atoms with Gasteiger partial charge in [-0.3, -0.25) is 9.59 Å². The second kappa shape index (κ2) is 9.82. The van der Waals surface area contributed by atoms with Gasteiger partial charge in [0.05, 0.1) is 0 Å². The lowest BCUT2D eigenvalue weighted by Crippen LogP contribution is -2.31. The molecule has 4 heteroatoms. The Kier molecular flexibility index (Phi) is 8.09. The van der Waals surface area contributed by atoms with E-state index < -0.39 is 0 Å². The molecule has 23 heavy (non-hydrogen) atoms. The molecule has 0 aromatic heterocycles. The van der Waals surface area contributed by atoms with Gasteiger partial charge in [0.25, 0.3) is 5.91 Å². The van der Waals surface area contributed by atoms with Gasteiger partial charge in [-0.15, -0.1) is 0 Å². The van der Waals surface area contributed by atoms with Crippen LogP contribution in [-0.4, -0.2) is 24.9 Å². The maximum absolute atomic E-state index is 11.9. The largest absolute Gasteiger partial charge is 0.355 e. The third-order valence-electron chi connectivity index (χ3n) is 3.63. The highest BCUT2D eigenvalue weighted by Gasteiger charge is 2.05. The highest BCUT2D eigenvalue weighted by Crippen LogP contribution is 2.09. The van der Waals surface area contributed by atoms with Gasteiger partial charge < -0.3 is 10.6 Å². The molecular formula is C19H28N2O2. The van der Waals surface area contributed by atoms with Gasteiger partial charge >= 0.3 is 0 Å². The Morgan fingerprint density at radius 3 is 2.30 bits per heavy atom. The highest BCUT2D eigenvalue weighted by molar-refractivity contribution is 5.94. The SMILES string of the molecule is CNC(=O)c1ccc(/C=C/C(=O)NC(C)CCCC(C)C)cc1. The zero-order chi connectivity index (χ0) is 17.2. The van der Waals surface area contributed by atoms with E-state index >= 15 is 0 Å². The molecule has 0 saturated heterocycles. The molecule has 4 nitrogen and oxygen atoms in total. The quantitative estimate of drug-likeness (QED) is 0.722. The minimum Gasteiger partial charge on any atom is -0.355 e. The summed E-state index contributed by atoms with van der Waals surface area (Å²) in [6.07, 6.45) is 6.60. The lowest BCUT2D eigenvalue weighted by atomic mass is 10.0. The summed E-state index contributed by atoms with van der Waals surface area (Å²) in [5, 5.41) is 5.55. The second-order valence-corrected chi connectivity index (χ2v) is 6.27. The van der Waals surface area contributed by atoms with Crippen molar-refractivity contribution in [2.45, 2.75) is 46.1 Å². The summed E-state index contributed by atoms with van der Waals surface area (Å²) < 4.78 is 0. The molecule has 2 amide bonds. The van der Waals surface area contributed by atoms with Crippen LogP contribution in [0, 0.1) is 5.92 Å². The van der Waals surface area contributed by atoms with Crippen LogP contribution in [0.2, 0.25) is 0 Å². The number of rotatable bonds is 8. The Hall–Kier alpha value is -2.10. The summed E-state index contributed by atoms with van der Waals surface area (Å²) >= 11 is 0. The van der Waals surface area contributed by atoms with Gasteiger partial charge in [0.2, 0.25) is 5.91 Å². The van der Waals surface area contributed by atoms with Crippen molar-refractivity contribution < 1.29 is 9.59 Å². The predicted octanol–water partition coefficient (Wildman–Crippen LogP) is 3.39. The summed E-state index contributed by atoms with van der Waals surface area (Å²) in [6, 6.07) is 7.30. The average molecular weight is 316 g/mol. The van der Waals surface area contributed by atoms with Gasteiger partial charge in [-0.05, 0) is 43.0 Å². The van der Waals surface area contributed by atoms with Crippen molar-refractivity contribution in [3.05, 3.63) is 41.5 Å². The van der Waals surface area contributed by atoms with E-state index in [0.717, 1.165) is 18.4 Å². The third kappa shape index (κ3) is 7.63. The van der Waals surface area contributed by atoms with Crippen LogP contribution in [0.4, 0.5) is 0 Å². The van der Waals surface area contributed by atoms with Gasteiger partial charge in [-0.1, -0.05) is 38.8 Å². The second-order valence-electron chi connectivity index (χ2n) is 6.27. The van der Waals surface area contributed by atoms with Crippen molar-refractivity contribution in [2.24, 2.45) is 5.92 Å². The van der Waals surface area contributed by atoms with Crippen LogP contribution in [-0.2, 0) is 4.79 Å². The molecule has 126 valence electrons. The fourth-order valence-electron chi connectivity index (χ4n) is 2.26. The van der Waals surface area contributed by atoms with Crippen LogP contribution in [0.25, 0.3) is 6.08 Å². The lowest BCUT2D eigenvalue weighted by Gasteiger charge is -2.13. The first-order valence-corrected chi connectivity index (χ1v) is 8.23. The van der Waals surface area contributed by atoms with E-state index in [1.54, 1.807) is 25.3 Å². The molecule has 0 aliphatic rings. The Morgan fingerprint density at radius 1 is 1.09 bits per heavy atom. The van der Waals surface area contributed by atoms with E-state index in [1.807, 2.05) is 19.1 Å². The van der Waals surface area contributed by atoms with E-state index in [4.69, 9.17) is 0 Å². The van der Waals surface area contributed by atoms with Crippen molar-refractivity contribution in [1.29, 1.82) is 0 Å². The van der Waals surface area contributed by atoms with Crippen LogP contribution >= 0.6 is 0 Å². The molecule has 1 rings (SSSR count). The van der Waals surface area contributed by atoms with Crippen LogP contribution in [0.3, 0.4) is 0 Å². The summed E-state index contributed by atoms with van der Waals surface area (Å²) in [5.41, 5.74) is 1.49. The Bertz CT molecular complexity index is 533. The first-order valence-electron chi connectivity index (χ1n) is 8.23. The van der Waals surface area contributed by atoms with Gasteiger partial charge in [0.15, 0.2) is 0 Å². The normalized spacial score (nSPS) is 12.4. The molecule has 1 aromatic carbocycles. The topological polar surface area (TPSA) is 58.2 Å². The summed E-state index contributed by atoms with van der Waals surface area (Å²) in [6.45, 7) is 6.45. The van der Waals surface area contributed by atoms with Crippen LogP contribution in [0.15, 0.2) is 30.3 Å². The fraction of sp³-hybridized carbons (Fsp3) is 0.474. The molecular weight excluding hydrogens is 288 g/mol. The van der Waals surface area contributed by atoms with Gasteiger partial charge in [0.1, 0.15) is 0 Å². The van der Waals surface area contributed by atoms with E-state index in [-0.39, 0.29) is 17.9 Å². The molecule has 0 aliphatic heterocycles. The molecule has 0 aliphatic carbocycles. The zero-order valence-electron chi connectivity index (χ0n) is 14.6. The number of nitrogens with one attached hydrogen (secondary N) is 2. The lowest BCUT2D eigenvalue weighted by molar-refractivity contribution is -0.117. The average Bonchev–Trinajstić information content (AvgIpc) is 2.52. The molecule has 0 fully saturated rings. The number of amides is 2. The Balaban J connectivity index is 2.44. The van der Waals surface area contributed by atoms with Crippen LogP contribution in [0.5, 0.6) is 0 Å². The van der Waals surface area contributed by atoms with Crippen molar-refractivity contribution in [1.82, 2.24) is 10.6 Å². The molecule has 1 unspecified atom stereocenters. The van der Waals surface area contributed by atoms with E-state index in [9.17, 15) is 9.59 Å². The van der Waals surface area contributed by atoms with Gasteiger partial charge in [0, 0.05) is 24.7 Å². The smallest absolute Gasteiger partial charge is 0.251 e. The van der Waals surface area contributed by atoms with E-state index in [2.05, 4.69) is 24.5 Å². The molecule has 0 saturated carbocycles. The maximum atomic E-state index is 11.9. The molecule has 0 radical (unpaired) electrons. The molecule has 0 heterocycles. The minimum absolute atomic E-state index is 0.0857. The van der Waals surface area contributed by atoms with Crippen molar-refractivity contribution in [2.75, 3.05) is 7.05 Å². The number of hydrogen-bond acceptors (Lipinski definition) is 2. The minimum atomic E-state index is -0.117. The van der Waals surface area contributed by atoms with Gasteiger partial charge in [-0.25, -0.2) is 0 Å². The number of benzene rings is 1. The van der Waals surface area contributed by atoms with Crippen LogP contribution in [0.1, 0.15) is 56.0 Å². The summed E-state index contributed by atoms with van der Waals surface area (Å²) in [5.74, 6) is 0.501.